The molecule has 0 aromatic heterocycles. The van der Waals surface area contributed by atoms with E-state index in [1.807, 2.05) is 0 Å². The molecule has 1 N–H and O–H groups in total. The van der Waals surface area contributed by atoms with E-state index in [0.717, 1.165) is 0 Å². The molecule has 0 aromatic rings. The number of amides is 1. The number of carbonyl (C=O) groups is 4. The number of carbonyl (C=O) groups excluding carboxylic acids is 4. The topological polar surface area (TPSA) is 136 Å². The molecule has 1 unspecified atom stereocenters. The summed E-state index contributed by atoms with van der Waals surface area (Å²) in [5.74, 6) is -6.83. The van der Waals surface area contributed by atoms with Crippen molar-refractivity contribution in [1.29, 1.82) is 0 Å². The quantitative estimate of drug-likeness (QED) is 0.267. The number of nitrogens with one attached hydrogen (secondary N) is 1. The Labute approximate surface area is 152 Å². The third-order valence-electron chi connectivity index (χ3n) is 2.18. The van der Waals surface area contributed by atoms with Gasteiger partial charge < -0.3 is 19.8 Å². The van der Waals surface area contributed by atoms with Gasteiger partial charge in [0.1, 0.15) is 5.97 Å². The van der Waals surface area contributed by atoms with Crippen LogP contribution in [0.1, 0.15) is 40.0 Å². The molecule has 0 aromatic carbocycles. The van der Waals surface area contributed by atoms with E-state index in [2.05, 4.69) is 5.48 Å². The molecule has 10 heteroatoms. The smallest absolute Gasteiger partial charge is 0.550 e. The summed E-state index contributed by atoms with van der Waals surface area (Å²) in [5.41, 5.74) is 1.52. The van der Waals surface area contributed by atoms with Gasteiger partial charge in [-0.15, -0.1) is 0 Å². The minimum absolute atomic E-state index is 0. The van der Waals surface area contributed by atoms with Crippen LogP contribution in [0.25, 0.3) is 0 Å². The number of rotatable bonds is 8. The molecular formula is C12H17Li2NO7. The van der Waals surface area contributed by atoms with Gasteiger partial charge in [-0.1, -0.05) is 0 Å². The van der Waals surface area contributed by atoms with Crippen molar-refractivity contribution in [2.24, 2.45) is 5.92 Å². The maximum Gasteiger partial charge on any atom is 1.00 e. The molecule has 0 aliphatic heterocycles. The van der Waals surface area contributed by atoms with Crippen LogP contribution in [-0.2, 0) is 24.0 Å². The van der Waals surface area contributed by atoms with Crippen LogP contribution in [0, 0.1) is 5.92 Å². The Balaban J connectivity index is -0.00000180. The zero-order chi connectivity index (χ0) is 15.9. The largest absolute Gasteiger partial charge is 1.00 e. The van der Waals surface area contributed by atoms with E-state index in [9.17, 15) is 29.4 Å². The monoisotopic (exact) mass is 301 g/mol. The van der Waals surface area contributed by atoms with E-state index >= 15 is 0 Å². The fraction of sp³-hybridized carbons (Fsp3) is 0.667. The molecule has 22 heavy (non-hydrogen) atoms. The van der Waals surface area contributed by atoms with Crippen molar-refractivity contribution < 1.29 is 71.9 Å². The molecule has 1 amide bonds. The van der Waals surface area contributed by atoms with Crippen LogP contribution in [0.15, 0.2) is 0 Å². The first-order chi connectivity index (χ1) is 9.03. The summed E-state index contributed by atoms with van der Waals surface area (Å²) in [6, 6.07) is 0. The van der Waals surface area contributed by atoms with Gasteiger partial charge in [-0.2, -0.15) is 0 Å². The second-order valence-corrected chi connectivity index (χ2v) is 5.21. The van der Waals surface area contributed by atoms with E-state index in [-0.39, 0.29) is 50.6 Å². The summed E-state index contributed by atoms with van der Waals surface area (Å²) in [7, 11) is 0. The van der Waals surface area contributed by atoms with Gasteiger partial charge in [-0.25, -0.2) is 5.48 Å². The van der Waals surface area contributed by atoms with Crippen LogP contribution < -0.4 is 53.4 Å². The molecule has 0 fully saturated rings. The minimum Gasteiger partial charge on any atom is -0.550 e. The predicted molar refractivity (Wildman–Crippen MR) is 61.3 cm³/mol. The van der Waals surface area contributed by atoms with E-state index in [0.29, 0.717) is 0 Å². The van der Waals surface area contributed by atoms with Crippen LogP contribution in [0.4, 0.5) is 0 Å². The molecule has 0 aliphatic rings. The fourth-order valence-corrected chi connectivity index (χ4v) is 1.18. The molecule has 0 radical (unpaired) electrons. The van der Waals surface area contributed by atoms with Gasteiger partial charge in [0.15, 0.2) is 5.78 Å². The van der Waals surface area contributed by atoms with Crippen LogP contribution in [0.3, 0.4) is 0 Å². The maximum atomic E-state index is 11.4. The molecule has 8 nitrogen and oxygen atoms in total. The Morgan fingerprint density at radius 2 is 1.59 bits per heavy atom. The van der Waals surface area contributed by atoms with Crippen molar-refractivity contribution >= 4 is 23.6 Å². The second kappa shape index (κ2) is 11.8. The standard InChI is InChI=1S/C12H19NO7.2Li/c1-12(2,3)20-13-9(15)5-4-7(10(16)17)6-8(14)11(18)19;;/h7H,4-6H2,1-3H3,(H,13,15)(H,16,17)(H,18,19);;/q;2*+1/p-2. The van der Waals surface area contributed by atoms with Crippen molar-refractivity contribution in [2.75, 3.05) is 0 Å². The maximum absolute atomic E-state index is 11.4. The Hall–Kier alpha value is -0.765. The predicted octanol–water partition coefficient (Wildman–Crippen LogP) is -8.30. The summed E-state index contributed by atoms with van der Waals surface area (Å²) in [5, 5.41) is 21.0. The number of carboxylic acid groups (broad SMARTS) is 2. The van der Waals surface area contributed by atoms with Crippen molar-refractivity contribution in [2.45, 2.75) is 45.6 Å². The third kappa shape index (κ3) is 12.9. The molecule has 0 saturated carbocycles. The number of ketones is 1. The Morgan fingerprint density at radius 3 is 1.95 bits per heavy atom. The van der Waals surface area contributed by atoms with Crippen LogP contribution in [0.5, 0.6) is 0 Å². The minimum atomic E-state index is -1.96. The van der Waals surface area contributed by atoms with E-state index in [4.69, 9.17) is 4.84 Å². The van der Waals surface area contributed by atoms with Gasteiger partial charge in [-0.3, -0.25) is 14.4 Å². The number of hydrogen-bond donors (Lipinski definition) is 1. The summed E-state index contributed by atoms with van der Waals surface area (Å²) in [6.07, 6.45) is -1.24. The summed E-state index contributed by atoms with van der Waals surface area (Å²) in [6.45, 7) is 5.11. The molecule has 114 valence electrons. The van der Waals surface area contributed by atoms with Gasteiger partial charge in [0.05, 0.1) is 5.60 Å². The molecule has 0 bridgehead atoms. The number of carboxylic acids is 2. The molecule has 0 aliphatic carbocycles. The van der Waals surface area contributed by atoms with Gasteiger partial charge in [-0.05, 0) is 27.2 Å². The van der Waals surface area contributed by atoms with Gasteiger partial charge in [0.2, 0.25) is 5.91 Å². The zero-order valence-corrected chi connectivity index (χ0v) is 13.6. The van der Waals surface area contributed by atoms with Gasteiger partial charge in [0, 0.05) is 24.7 Å². The van der Waals surface area contributed by atoms with E-state index in [1.165, 1.54) is 0 Å². The van der Waals surface area contributed by atoms with Crippen LogP contribution >= 0.6 is 0 Å². The first-order valence-corrected chi connectivity index (χ1v) is 5.95. The summed E-state index contributed by atoms with van der Waals surface area (Å²) < 4.78 is 0. The number of hydrogen-bond acceptors (Lipinski definition) is 7. The van der Waals surface area contributed by atoms with Gasteiger partial charge >= 0.3 is 37.7 Å². The SMILES string of the molecule is CC(C)(C)ONC(=O)CCC(CC(=O)C(=O)[O-])C(=O)[O-].[Li+].[Li+]. The first kappa shape index (κ1) is 26.1. The Bertz CT molecular complexity index is 407. The zero-order valence-electron chi connectivity index (χ0n) is 13.6. The molecule has 0 rings (SSSR count). The van der Waals surface area contributed by atoms with Crippen molar-refractivity contribution in [3.8, 4) is 0 Å². The second-order valence-electron chi connectivity index (χ2n) is 5.21. The van der Waals surface area contributed by atoms with E-state index < -0.39 is 41.6 Å². The molecule has 0 heterocycles. The average Bonchev–Trinajstić information content (AvgIpc) is 2.29. The number of hydroxylamine groups is 1. The van der Waals surface area contributed by atoms with E-state index in [1.54, 1.807) is 20.8 Å². The number of Topliss-reactive ketones (excluding diaryl/α,β-unsaturated/α-hetero) is 1. The molecular weight excluding hydrogens is 284 g/mol. The van der Waals surface area contributed by atoms with Crippen molar-refractivity contribution in [3.63, 3.8) is 0 Å². The first-order valence-electron chi connectivity index (χ1n) is 5.95. The third-order valence-corrected chi connectivity index (χ3v) is 2.18. The van der Waals surface area contributed by atoms with Crippen LogP contribution in [-0.4, -0.2) is 29.2 Å². The van der Waals surface area contributed by atoms with Crippen molar-refractivity contribution in [3.05, 3.63) is 0 Å². The average molecular weight is 301 g/mol. The number of aliphatic carboxylic acids is 2. The normalized spacial score (nSPS) is 11.4. The summed E-state index contributed by atoms with van der Waals surface area (Å²) in [4.78, 5) is 48.2. The molecule has 1 atom stereocenters. The van der Waals surface area contributed by atoms with Crippen molar-refractivity contribution in [1.82, 2.24) is 5.48 Å². The fourth-order valence-electron chi connectivity index (χ4n) is 1.18. The molecule has 0 saturated heterocycles. The Morgan fingerprint density at radius 1 is 1.09 bits per heavy atom. The summed E-state index contributed by atoms with van der Waals surface area (Å²) >= 11 is 0. The van der Waals surface area contributed by atoms with Crippen LogP contribution in [0.2, 0.25) is 0 Å². The van der Waals surface area contributed by atoms with Gasteiger partial charge in [0.25, 0.3) is 0 Å². The molecule has 0 spiro atoms. The Kier molecular flexibility index (Phi) is 14.0.